The van der Waals surface area contributed by atoms with Gasteiger partial charge in [0, 0.05) is 17.8 Å². The van der Waals surface area contributed by atoms with Crippen LogP contribution in [0.5, 0.6) is 17.2 Å². The first-order valence-electron chi connectivity index (χ1n) is 12.4. The zero-order valence-electron chi connectivity index (χ0n) is 21.7. The minimum atomic E-state index is -0.334. The number of aromatic nitrogens is 2. The highest BCUT2D eigenvalue weighted by Crippen LogP contribution is 2.38. The summed E-state index contributed by atoms with van der Waals surface area (Å²) in [5, 5.41) is 2.93. The summed E-state index contributed by atoms with van der Waals surface area (Å²) in [6.45, 7) is 0.925. The minimum absolute atomic E-state index is 0.0162. The molecule has 0 saturated heterocycles. The molecule has 0 fully saturated rings. The molecule has 38 heavy (non-hydrogen) atoms. The average Bonchev–Trinajstić information content (AvgIpc) is 3.31. The van der Waals surface area contributed by atoms with Gasteiger partial charge in [-0.15, -0.1) is 0 Å². The van der Waals surface area contributed by atoms with Crippen molar-refractivity contribution in [2.45, 2.75) is 25.9 Å². The Morgan fingerprint density at radius 3 is 2.39 bits per heavy atom. The summed E-state index contributed by atoms with van der Waals surface area (Å²) >= 11 is 0. The van der Waals surface area contributed by atoms with E-state index in [9.17, 15) is 9.59 Å². The van der Waals surface area contributed by atoms with Crippen molar-refractivity contribution in [3.8, 4) is 17.2 Å². The molecule has 9 heteroatoms. The lowest BCUT2D eigenvalue weighted by molar-refractivity contribution is -0.119. The smallest absolute Gasteiger partial charge is 0.251 e. The van der Waals surface area contributed by atoms with Crippen LogP contribution in [0.15, 0.2) is 60.7 Å². The largest absolute Gasteiger partial charge is 0.493 e. The van der Waals surface area contributed by atoms with Gasteiger partial charge in [0.15, 0.2) is 11.5 Å². The molecule has 1 aliphatic rings. The fourth-order valence-corrected chi connectivity index (χ4v) is 4.92. The third-order valence-corrected chi connectivity index (χ3v) is 6.77. The van der Waals surface area contributed by atoms with Crippen LogP contribution >= 0.6 is 0 Å². The molecule has 0 atom stereocenters. The monoisotopic (exact) mass is 514 g/mol. The van der Waals surface area contributed by atoms with Crippen LogP contribution in [0.4, 0.5) is 5.69 Å². The van der Waals surface area contributed by atoms with Gasteiger partial charge in [-0.05, 0) is 48.7 Å². The van der Waals surface area contributed by atoms with Gasteiger partial charge in [0.05, 0.1) is 38.9 Å². The Morgan fingerprint density at radius 1 is 0.947 bits per heavy atom. The van der Waals surface area contributed by atoms with Crippen molar-refractivity contribution in [3.63, 3.8) is 0 Å². The van der Waals surface area contributed by atoms with Crippen LogP contribution < -0.4 is 24.4 Å². The predicted molar refractivity (Wildman–Crippen MR) is 144 cm³/mol. The lowest BCUT2D eigenvalue weighted by Gasteiger charge is -2.29. The Balaban J connectivity index is 1.40. The van der Waals surface area contributed by atoms with Gasteiger partial charge in [0.2, 0.25) is 11.7 Å². The van der Waals surface area contributed by atoms with Crippen molar-refractivity contribution in [1.82, 2.24) is 14.9 Å². The quantitative estimate of drug-likeness (QED) is 0.382. The number of carbonyl (C=O) groups is 2. The summed E-state index contributed by atoms with van der Waals surface area (Å²) in [4.78, 5) is 33.2. The second-order valence-corrected chi connectivity index (χ2v) is 8.98. The van der Waals surface area contributed by atoms with E-state index in [1.165, 1.54) is 26.9 Å². The van der Waals surface area contributed by atoms with E-state index in [-0.39, 0.29) is 24.9 Å². The van der Waals surface area contributed by atoms with Crippen LogP contribution in [0.1, 0.15) is 28.2 Å². The number of amides is 2. The zero-order valence-corrected chi connectivity index (χ0v) is 21.7. The molecule has 1 aliphatic heterocycles. The molecule has 0 aliphatic carbocycles. The summed E-state index contributed by atoms with van der Waals surface area (Å²) < 4.78 is 18.0. The van der Waals surface area contributed by atoms with E-state index < -0.39 is 0 Å². The van der Waals surface area contributed by atoms with E-state index in [4.69, 9.17) is 19.2 Å². The van der Waals surface area contributed by atoms with Crippen LogP contribution in [0.25, 0.3) is 11.0 Å². The van der Waals surface area contributed by atoms with E-state index in [1.54, 1.807) is 12.1 Å². The Labute approximate surface area is 220 Å². The van der Waals surface area contributed by atoms with E-state index in [0.29, 0.717) is 35.2 Å². The maximum Gasteiger partial charge on any atom is 0.251 e. The van der Waals surface area contributed by atoms with Gasteiger partial charge in [-0.1, -0.05) is 30.3 Å². The number of methoxy groups -OCH3 is 3. The molecule has 0 radical (unpaired) electrons. The average molecular weight is 515 g/mol. The summed E-state index contributed by atoms with van der Waals surface area (Å²) in [6, 6.07) is 18.9. The highest BCUT2D eigenvalue weighted by Gasteiger charge is 2.24. The van der Waals surface area contributed by atoms with Crippen molar-refractivity contribution in [3.05, 3.63) is 77.6 Å². The van der Waals surface area contributed by atoms with Gasteiger partial charge in [-0.3, -0.25) is 9.59 Å². The van der Waals surface area contributed by atoms with Crippen LogP contribution in [0, 0.1) is 0 Å². The maximum atomic E-state index is 13.5. The first kappa shape index (κ1) is 25.1. The number of anilines is 1. The standard InChI is InChI=1S/C29H30N4O5/c1-36-24-15-20(16-25(37-2)28(24)38-3)29(35)30-17-26-31-21-11-5-7-13-23(21)33(26)18-27(34)32-14-8-10-19-9-4-6-12-22(19)32/h4-7,9,11-13,15-16H,8,10,14,17-18H2,1-3H3,(H,30,35). The van der Waals surface area contributed by atoms with E-state index in [0.717, 1.165) is 29.6 Å². The number of rotatable bonds is 8. The second-order valence-electron chi connectivity index (χ2n) is 8.98. The number of nitrogens with zero attached hydrogens (tertiary/aromatic N) is 3. The Bertz CT molecular complexity index is 1470. The molecule has 0 saturated carbocycles. The van der Waals surface area contributed by atoms with E-state index in [2.05, 4.69) is 11.4 Å². The number of imidazole rings is 1. The molecule has 0 unspecified atom stereocenters. The third-order valence-electron chi connectivity index (χ3n) is 6.77. The molecule has 1 N–H and O–H groups in total. The lowest BCUT2D eigenvalue weighted by atomic mass is 10.0. The number of hydrogen-bond acceptors (Lipinski definition) is 6. The topological polar surface area (TPSA) is 94.9 Å². The molecule has 9 nitrogen and oxygen atoms in total. The summed E-state index contributed by atoms with van der Waals surface area (Å²) in [7, 11) is 4.51. The van der Waals surface area contributed by atoms with Gasteiger partial charge in [-0.25, -0.2) is 4.98 Å². The summed E-state index contributed by atoms with van der Waals surface area (Å²) in [6.07, 6.45) is 1.89. The predicted octanol–water partition coefficient (Wildman–Crippen LogP) is 3.97. The number of hydrogen-bond donors (Lipinski definition) is 1. The van der Waals surface area contributed by atoms with Gasteiger partial charge in [0.1, 0.15) is 12.4 Å². The molecular weight excluding hydrogens is 484 g/mol. The summed E-state index contributed by atoms with van der Waals surface area (Å²) in [5.74, 6) is 1.42. The number of fused-ring (bicyclic) bond motifs is 2. The van der Waals surface area contributed by atoms with Crippen molar-refractivity contribution < 1.29 is 23.8 Å². The Kier molecular flexibility index (Phi) is 7.17. The number of nitrogens with one attached hydrogen (secondary N) is 1. The Hall–Kier alpha value is -4.53. The number of ether oxygens (including phenoxy) is 3. The van der Waals surface area contributed by atoms with Crippen LogP contribution in [-0.4, -0.2) is 49.2 Å². The SMILES string of the molecule is COc1cc(C(=O)NCc2nc3ccccc3n2CC(=O)N2CCCc3ccccc32)cc(OC)c1OC. The summed E-state index contributed by atoms with van der Waals surface area (Å²) in [5.41, 5.74) is 4.09. The first-order chi connectivity index (χ1) is 18.5. The highest BCUT2D eigenvalue weighted by molar-refractivity contribution is 5.96. The van der Waals surface area contributed by atoms with Crippen LogP contribution in [-0.2, 0) is 24.3 Å². The molecular formula is C29H30N4O5. The molecule has 196 valence electrons. The minimum Gasteiger partial charge on any atom is -0.493 e. The lowest BCUT2D eigenvalue weighted by Crippen LogP contribution is -2.38. The molecule has 0 bridgehead atoms. The molecule has 2 heterocycles. The maximum absolute atomic E-state index is 13.5. The zero-order chi connectivity index (χ0) is 26.6. The van der Waals surface area contributed by atoms with E-state index in [1.807, 2.05) is 51.9 Å². The van der Waals surface area contributed by atoms with Crippen LogP contribution in [0.3, 0.4) is 0 Å². The van der Waals surface area contributed by atoms with Crippen molar-refractivity contribution in [2.75, 3.05) is 32.8 Å². The molecule has 0 spiro atoms. The molecule has 5 rings (SSSR count). The van der Waals surface area contributed by atoms with Crippen LogP contribution in [0.2, 0.25) is 0 Å². The van der Waals surface area contributed by atoms with E-state index >= 15 is 0 Å². The van der Waals surface area contributed by atoms with Gasteiger partial charge in [0.25, 0.3) is 5.91 Å². The fourth-order valence-electron chi connectivity index (χ4n) is 4.92. The number of para-hydroxylation sites is 3. The number of carbonyl (C=O) groups excluding carboxylic acids is 2. The fraction of sp³-hybridized carbons (Fsp3) is 0.276. The number of aryl methyl sites for hydroxylation is 1. The Morgan fingerprint density at radius 2 is 1.66 bits per heavy atom. The highest BCUT2D eigenvalue weighted by atomic mass is 16.5. The third kappa shape index (κ3) is 4.74. The van der Waals surface area contributed by atoms with Crippen molar-refractivity contribution in [1.29, 1.82) is 0 Å². The normalized spacial score (nSPS) is 12.7. The van der Waals surface area contributed by atoms with Gasteiger partial charge in [-0.2, -0.15) is 0 Å². The molecule has 1 aromatic heterocycles. The first-order valence-corrected chi connectivity index (χ1v) is 12.4. The molecule has 3 aromatic carbocycles. The second kappa shape index (κ2) is 10.8. The van der Waals surface area contributed by atoms with Crippen molar-refractivity contribution >= 4 is 28.5 Å². The van der Waals surface area contributed by atoms with Gasteiger partial charge < -0.3 is 29.0 Å². The number of benzene rings is 3. The van der Waals surface area contributed by atoms with Gasteiger partial charge >= 0.3 is 0 Å². The molecule has 2 amide bonds. The molecule has 4 aromatic rings. The van der Waals surface area contributed by atoms with Crippen molar-refractivity contribution in [2.24, 2.45) is 0 Å².